The summed E-state index contributed by atoms with van der Waals surface area (Å²) in [6, 6.07) is 7.42. The SMILES string of the molecule is Cc1ccc(C(=O)N2C[C@H]3CC[C@@H]2CN(C)C3)cc1NC(=O)c1cc(C(C)C)no1. The summed E-state index contributed by atoms with van der Waals surface area (Å²) in [6.07, 6.45) is 2.24. The molecule has 1 aromatic carbocycles. The zero-order valence-electron chi connectivity index (χ0n) is 18.1. The number of benzene rings is 1. The molecule has 7 nitrogen and oxygen atoms in total. The molecule has 3 aliphatic rings. The van der Waals surface area contributed by atoms with Crippen LogP contribution in [0.5, 0.6) is 0 Å². The van der Waals surface area contributed by atoms with Crippen LogP contribution in [0.15, 0.2) is 28.8 Å². The number of anilines is 1. The van der Waals surface area contributed by atoms with E-state index in [1.165, 1.54) is 6.42 Å². The smallest absolute Gasteiger partial charge is 0.294 e. The molecule has 160 valence electrons. The van der Waals surface area contributed by atoms with Crippen LogP contribution in [0.4, 0.5) is 5.69 Å². The van der Waals surface area contributed by atoms with Crippen LogP contribution in [0.3, 0.4) is 0 Å². The van der Waals surface area contributed by atoms with Crippen molar-refractivity contribution in [3.8, 4) is 0 Å². The van der Waals surface area contributed by atoms with E-state index in [0.29, 0.717) is 17.2 Å². The van der Waals surface area contributed by atoms with Gasteiger partial charge in [-0.1, -0.05) is 25.1 Å². The second kappa shape index (κ2) is 8.22. The summed E-state index contributed by atoms with van der Waals surface area (Å²) in [6.45, 7) is 8.66. The number of amides is 2. The fourth-order valence-corrected chi connectivity index (χ4v) is 4.47. The quantitative estimate of drug-likeness (QED) is 0.834. The number of nitrogens with one attached hydrogen (secondary N) is 1. The zero-order valence-corrected chi connectivity index (χ0v) is 18.1. The molecule has 0 unspecified atom stereocenters. The van der Waals surface area contributed by atoms with Gasteiger partial charge in [-0.15, -0.1) is 0 Å². The third-order valence-electron chi connectivity index (χ3n) is 6.23. The van der Waals surface area contributed by atoms with E-state index >= 15 is 0 Å². The molecule has 0 radical (unpaired) electrons. The second-order valence-corrected chi connectivity index (χ2v) is 9.03. The Hall–Kier alpha value is -2.67. The maximum atomic E-state index is 13.3. The molecular formula is C23H30N4O3. The topological polar surface area (TPSA) is 78.7 Å². The van der Waals surface area contributed by atoms with Crippen molar-refractivity contribution >= 4 is 17.5 Å². The van der Waals surface area contributed by atoms with Gasteiger partial charge in [-0.25, -0.2) is 0 Å². The van der Waals surface area contributed by atoms with Gasteiger partial charge in [-0.05, 0) is 56.3 Å². The van der Waals surface area contributed by atoms with Crippen LogP contribution < -0.4 is 5.32 Å². The highest BCUT2D eigenvalue weighted by molar-refractivity contribution is 6.04. The Balaban J connectivity index is 1.52. The molecule has 7 heteroatoms. The second-order valence-electron chi connectivity index (χ2n) is 9.03. The fourth-order valence-electron chi connectivity index (χ4n) is 4.47. The van der Waals surface area contributed by atoms with Crippen molar-refractivity contribution in [3.05, 3.63) is 46.8 Å². The lowest BCUT2D eigenvalue weighted by Crippen LogP contribution is -2.47. The first-order valence-electron chi connectivity index (χ1n) is 10.7. The van der Waals surface area contributed by atoms with Crippen molar-refractivity contribution in [1.82, 2.24) is 15.0 Å². The average molecular weight is 411 g/mol. The number of hydrogen-bond acceptors (Lipinski definition) is 5. The molecule has 2 aromatic rings. The number of aryl methyl sites for hydroxylation is 1. The predicted octanol–water partition coefficient (Wildman–Crippen LogP) is 3.52. The number of piperidine rings is 1. The summed E-state index contributed by atoms with van der Waals surface area (Å²) in [5.41, 5.74) is 2.85. The van der Waals surface area contributed by atoms with Gasteiger partial charge in [0.2, 0.25) is 5.76 Å². The van der Waals surface area contributed by atoms with Gasteiger partial charge >= 0.3 is 0 Å². The molecule has 2 amide bonds. The van der Waals surface area contributed by atoms with Gasteiger partial charge in [0.05, 0.1) is 5.69 Å². The lowest BCUT2D eigenvalue weighted by atomic mass is 9.94. The Morgan fingerprint density at radius 2 is 1.97 bits per heavy atom. The molecule has 3 fully saturated rings. The van der Waals surface area contributed by atoms with E-state index in [0.717, 1.165) is 37.3 Å². The predicted molar refractivity (Wildman–Crippen MR) is 115 cm³/mol. The minimum absolute atomic E-state index is 0.0391. The maximum Gasteiger partial charge on any atom is 0.294 e. The van der Waals surface area contributed by atoms with Crippen molar-refractivity contribution in [2.75, 3.05) is 32.0 Å². The molecule has 5 rings (SSSR count). The standard InChI is InChI=1S/C23H30N4O3/c1-14(2)19-10-21(30-25-19)22(28)24-20-9-17(7-5-15(20)3)23(29)27-12-16-6-8-18(27)13-26(4)11-16/h5,7,9-10,14,16,18H,6,8,11-13H2,1-4H3,(H,24,28)/t16-,18+/m0/s1. The van der Waals surface area contributed by atoms with Crippen LogP contribution in [0, 0.1) is 12.8 Å². The van der Waals surface area contributed by atoms with Crippen LogP contribution in [0.2, 0.25) is 0 Å². The van der Waals surface area contributed by atoms with Gasteiger partial charge in [0, 0.05) is 43.0 Å². The summed E-state index contributed by atoms with van der Waals surface area (Å²) >= 11 is 0. The molecule has 1 aromatic heterocycles. The van der Waals surface area contributed by atoms with Crippen molar-refractivity contribution in [3.63, 3.8) is 0 Å². The van der Waals surface area contributed by atoms with E-state index in [4.69, 9.17) is 4.52 Å². The summed E-state index contributed by atoms with van der Waals surface area (Å²) in [4.78, 5) is 30.3. The van der Waals surface area contributed by atoms with E-state index in [1.807, 2.05) is 37.8 Å². The first-order chi connectivity index (χ1) is 14.3. The van der Waals surface area contributed by atoms with Crippen LogP contribution in [0.25, 0.3) is 0 Å². The first-order valence-corrected chi connectivity index (χ1v) is 10.7. The molecule has 0 saturated carbocycles. The van der Waals surface area contributed by atoms with E-state index < -0.39 is 0 Å². The van der Waals surface area contributed by atoms with Gasteiger partial charge in [-0.3, -0.25) is 9.59 Å². The first kappa shape index (κ1) is 20.6. The van der Waals surface area contributed by atoms with E-state index in [-0.39, 0.29) is 29.5 Å². The normalized spacial score (nSPS) is 21.7. The molecular weight excluding hydrogens is 380 g/mol. The van der Waals surface area contributed by atoms with Crippen LogP contribution in [0.1, 0.15) is 64.8 Å². The lowest BCUT2D eigenvalue weighted by molar-refractivity contribution is 0.0587. The molecule has 3 saturated heterocycles. The Labute approximate surface area is 177 Å². The number of likely N-dealkylation sites (N-methyl/N-ethyl adjacent to an activating group) is 1. The van der Waals surface area contributed by atoms with E-state index in [1.54, 1.807) is 12.1 Å². The molecule has 30 heavy (non-hydrogen) atoms. The highest BCUT2D eigenvalue weighted by Crippen LogP contribution is 2.29. The van der Waals surface area contributed by atoms with Gasteiger partial charge in [0.25, 0.3) is 11.8 Å². The van der Waals surface area contributed by atoms with Gasteiger partial charge in [-0.2, -0.15) is 0 Å². The Kier molecular flexibility index (Phi) is 5.64. The van der Waals surface area contributed by atoms with Crippen molar-refractivity contribution in [1.29, 1.82) is 0 Å². The molecule has 4 heterocycles. The van der Waals surface area contributed by atoms with E-state index in [9.17, 15) is 9.59 Å². The molecule has 2 bridgehead atoms. The van der Waals surface area contributed by atoms with Gasteiger partial charge in [0.15, 0.2) is 0 Å². The number of aromatic nitrogens is 1. The lowest BCUT2D eigenvalue weighted by Gasteiger charge is -2.36. The highest BCUT2D eigenvalue weighted by Gasteiger charge is 2.36. The molecule has 1 N–H and O–H groups in total. The summed E-state index contributed by atoms with van der Waals surface area (Å²) < 4.78 is 5.19. The highest BCUT2D eigenvalue weighted by atomic mass is 16.5. The number of carbonyl (C=O) groups is 2. The van der Waals surface area contributed by atoms with Gasteiger partial charge in [0.1, 0.15) is 0 Å². The maximum absolute atomic E-state index is 13.3. The number of rotatable bonds is 4. The Morgan fingerprint density at radius 3 is 2.70 bits per heavy atom. The third kappa shape index (κ3) is 4.12. The van der Waals surface area contributed by atoms with Crippen molar-refractivity contribution < 1.29 is 14.1 Å². The average Bonchev–Trinajstić information content (AvgIpc) is 3.07. The minimum Gasteiger partial charge on any atom is -0.351 e. The third-order valence-corrected chi connectivity index (χ3v) is 6.23. The Morgan fingerprint density at radius 1 is 1.17 bits per heavy atom. The molecule has 0 spiro atoms. The number of hydrogen-bond donors (Lipinski definition) is 1. The van der Waals surface area contributed by atoms with Crippen molar-refractivity contribution in [2.45, 2.75) is 45.6 Å². The summed E-state index contributed by atoms with van der Waals surface area (Å²) in [5.74, 6) is 0.558. The number of nitrogens with zero attached hydrogens (tertiary/aromatic N) is 3. The molecule has 3 aliphatic heterocycles. The minimum atomic E-state index is -0.363. The fraction of sp³-hybridized carbons (Fsp3) is 0.522. The monoisotopic (exact) mass is 410 g/mol. The number of fused-ring (bicyclic) bond motifs is 4. The Bertz CT molecular complexity index is 952. The van der Waals surface area contributed by atoms with Crippen LogP contribution >= 0.6 is 0 Å². The molecule has 0 aliphatic carbocycles. The number of carbonyl (C=O) groups excluding carboxylic acids is 2. The zero-order chi connectivity index (χ0) is 21.4. The summed E-state index contributed by atoms with van der Waals surface area (Å²) in [7, 11) is 2.13. The van der Waals surface area contributed by atoms with Crippen LogP contribution in [-0.4, -0.2) is 59.5 Å². The molecule has 2 atom stereocenters. The summed E-state index contributed by atoms with van der Waals surface area (Å²) in [5, 5.41) is 6.82. The van der Waals surface area contributed by atoms with Crippen LogP contribution in [-0.2, 0) is 0 Å². The van der Waals surface area contributed by atoms with Gasteiger partial charge < -0.3 is 19.6 Å². The largest absolute Gasteiger partial charge is 0.351 e. The van der Waals surface area contributed by atoms with Crippen molar-refractivity contribution in [2.24, 2.45) is 5.92 Å². The van der Waals surface area contributed by atoms with E-state index in [2.05, 4.69) is 22.4 Å².